The number of nitro benzene ring substituents is 1. The predicted octanol–water partition coefficient (Wildman–Crippen LogP) is 3.84. The number of allylic oxidation sites excluding steroid dienone is 2. The minimum absolute atomic E-state index is 0.0341. The molecule has 1 aliphatic carbocycles. The van der Waals surface area contributed by atoms with Gasteiger partial charge in [-0.1, -0.05) is 35.4 Å². The molecule has 0 saturated carbocycles. The van der Waals surface area contributed by atoms with Crippen molar-refractivity contribution < 1.29 is 14.5 Å². The molecule has 2 aromatic carbocycles. The van der Waals surface area contributed by atoms with Gasteiger partial charge in [-0.2, -0.15) is 0 Å². The van der Waals surface area contributed by atoms with E-state index in [1.807, 2.05) is 19.1 Å². The van der Waals surface area contributed by atoms with Gasteiger partial charge in [-0.25, -0.2) is 0 Å². The van der Waals surface area contributed by atoms with Crippen molar-refractivity contribution in [2.75, 3.05) is 5.32 Å². The van der Waals surface area contributed by atoms with Gasteiger partial charge in [0.2, 0.25) is 11.6 Å². The summed E-state index contributed by atoms with van der Waals surface area (Å²) in [6.07, 6.45) is 0. The van der Waals surface area contributed by atoms with E-state index < -0.39 is 22.2 Å². The Balaban J connectivity index is 2.09. The molecule has 3 rings (SSSR count). The fraction of sp³-hybridized carbons (Fsp3) is 0.0588. The average molecular weight is 343 g/mol. The van der Waals surface area contributed by atoms with Gasteiger partial charge in [0.1, 0.15) is 16.3 Å². The Hall–Kier alpha value is -2.99. The van der Waals surface area contributed by atoms with E-state index in [0.29, 0.717) is 5.69 Å². The molecule has 0 heterocycles. The number of nitrogens with one attached hydrogen (secondary N) is 1. The number of benzene rings is 2. The molecule has 0 aromatic heterocycles. The molecule has 2 aromatic rings. The highest BCUT2D eigenvalue weighted by atomic mass is 35.5. The van der Waals surface area contributed by atoms with Crippen molar-refractivity contribution in [2.45, 2.75) is 6.92 Å². The fourth-order valence-electron chi connectivity index (χ4n) is 2.47. The maximum atomic E-state index is 12.6. The number of nitro groups is 1. The third-order valence-corrected chi connectivity index (χ3v) is 4.04. The van der Waals surface area contributed by atoms with E-state index in [1.165, 1.54) is 18.2 Å². The van der Waals surface area contributed by atoms with Crippen molar-refractivity contribution in [3.63, 3.8) is 0 Å². The molecular weight excluding hydrogens is 332 g/mol. The summed E-state index contributed by atoms with van der Waals surface area (Å²) in [5.74, 6) is -1.30. The van der Waals surface area contributed by atoms with Gasteiger partial charge in [0.25, 0.3) is 5.69 Å². The van der Waals surface area contributed by atoms with Gasteiger partial charge in [-0.3, -0.25) is 19.7 Å². The number of ketones is 2. The van der Waals surface area contributed by atoms with Crippen LogP contribution in [0.2, 0.25) is 0 Å². The van der Waals surface area contributed by atoms with E-state index in [9.17, 15) is 19.7 Å². The lowest BCUT2D eigenvalue weighted by molar-refractivity contribution is -0.385. The molecule has 1 aliphatic rings. The lowest BCUT2D eigenvalue weighted by Gasteiger charge is -2.19. The summed E-state index contributed by atoms with van der Waals surface area (Å²) in [5.41, 5.74) is 0.800. The van der Waals surface area contributed by atoms with E-state index in [2.05, 4.69) is 5.32 Å². The van der Waals surface area contributed by atoms with Gasteiger partial charge >= 0.3 is 0 Å². The van der Waals surface area contributed by atoms with E-state index in [-0.39, 0.29) is 21.9 Å². The van der Waals surface area contributed by atoms with Crippen LogP contribution in [0.25, 0.3) is 0 Å². The molecule has 0 aliphatic heterocycles. The molecule has 6 nitrogen and oxygen atoms in total. The zero-order valence-corrected chi connectivity index (χ0v) is 13.3. The summed E-state index contributed by atoms with van der Waals surface area (Å²) in [6, 6.07) is 11.1. The summed E-state index contributed by atoms with van der Waals surface area (Å²) in [5, 5.41) is 13.6. The van der Waals surface area contributed by atoms with Gasteiger partial charge in [0.15, 0.2) is 0 Å². The first-order valence-corrected chi connectivity index (χ1v) is 7.38. The number of fused-ring (bicyclic) bond motifs is 1. The van der Waals surface area contributed by atoms with E-state index in [4.69, 9.17) is 11.6 Å². The van der Waals surface area contributed by atoms with Crippen LogP contribution in [0.15, 0.2) is 53.2 Å². The van der Waals surface area contributed by atoms with Crippen LogP contribution < -0.4 is 5.32 Å². The molecule has 24 heavy (non-hydrogen) atoms. The number of carbonyl (C=O) groups is 2. The Kier molecular flexibility index (Phi) is 3.91. The SMILES string of the molecule is Cc1ccc(NC2=C(Cl)C(=O)c3c(cccc3[N+](=O)[O-])C2=O)cc1. The number of halogens is 1. The number of Topliss-reactive ketones (excluding diaryl/α,β-unsaturated/α-hetero) is 2. The minimum atomic E-state index is -0.742. The zero-order valence-electron chi connectivity index (χ0n) is 12.5. The van der Waals surface area contributed by atoms with Crippen LogP contribution in [-0.2, 0) is 0 Å². The lowest BCUT2D eigenvalue weighted by Crippen LogP contribution is -2.25. The molecule has 7 heteroatoms. The first kappa shape index (κ1) is 15.9. The second kappa shape index (κ2) is 5.90. The molecule has 1 N–H and O–H groups in total. The Morgan fingerprint density at radius 1 is 1.04 bits per heavy atom. The second-order valence-electron chi connectivity index (χ2n) is 5.30. The van der Waals surface area contributed by atoms with Crippen molar-refractivity contribution in [1.82, 2.24) is 0 Å². The number of hydrogen-bond donors (Lipinski definition) is 1. The summed E-state index contributed by atoms with van der Waals surface area (Å²) in [6.45, 7) is 1.92. The molecule has 0 bridgehead atoms. The van der Waals surface area contributed by atoms with Crippen LogP contribution in [0, 0.1) is 17.0 Å². The monoisotopic (exact) mass is 342 g/mol. The number of rotatable bonds is 3. The summed E-state index contributed by atoms with van der Waals surface area (Å²) < 4.78 is 0. The Morgan fingerprint density at radius 2 is 1.71 bits per heavy atom. The number of anilines is 1. The molecule has 0 unspecified atom stereocenters. The highest BCUT2D eigenvalue weighted by molar-refractivity contribution is 6.50. The Labute approximate surface area is 141 Å². The minimum Gasteiger partial charge on any atom is -0.351 e. The molecule has 120 valence electrons. The molecule has 0 amide bonds. The fourth-order valence-corrected chi connectivity index (χ4v) is 2.70. The molecule has 0 fully saturated rings. The van der Waals surface area contributed by atoms with Crippen molar-refractivity contribution in [1.29, 1.82) is 0 Å². The van der Waals surface area contributed by atoms with Crippen molar-refractivity contribution >= 4 is 34.5 Å². The molecule has 0 radical (unpaired) electrons. The largest absolute Gasteiger partial charge is 0.351 e. The molecule has 0 saturated heterocycles. The van der Waals surface area contributed by atoms with E-state index in [0.717, 1.165) is 5.56 Å². The van der Waals surface area contributed by atoms with Crippen LogP contribution in [0.5, 0.6) is 0 Å². The highest BCUT2D eigenvalue weighted by Crippen LogP contribution is 2.34. The normalized spacial score (nSPS) is 13.8. The van der Waals surface area contributed by atoms with E-state index >= 15 is 0 Å². The molecule has 0 atom stereocenters. The number of nitrogens with zero attached hydrogens (tertiary/aromatic N) is 1. The summed E-state index contributed by atoms with van der Waals surface area (Å²) in [4.78, 5) is 35.5. The van der Waals surface area contributed by atoms with Gasteiger partial charge in [-0.15, -0.1) is 0 Å². The van der Waals surface area contributed by atoms with Crippen LogP contribution in [-0.4, -0.2) is 16.5 Å². The third kappa shape index (κ3) is 2.57. The summed E-state index contributed by atoms with van der Waals surface area (Å²) in [7, 11) is 0. The maximum Gasteiger partial charge on any atom is 0.281 e. The molecular formula is C17H11ClN2O4. The van der Waals surface area contributed by atoms with E-state index in [1.54, 1.807) is 12.1 Å². The maximum absolute atomic E-state index is 12.6. The van der Waals surface area contributed by atoms with Crippen LogP contribution >= 0.6 is 11.6 Å². The number of carbonyl (C=O) groups excluding carboxylic acids is 2. The average Bonchev–Trinajstić information content (AvgIpc) is 2.57. The van der Waals surface area contributed by atoms with Crippen molar-refractivity contribution in [3.05, 3.63) is 80.0 Å². The number of hydrogen-bond acceptors (Lipinski definition) is 5. The smallest absolute Gasteiger partial charge is 0.281 e. The molecule has 0 spiro atoms. The van der Waals surface area contributed by atoms with Crippen LogP contribution in [0.3, 0.4) is 0 Å². The zero-order chi connectivity index (χ0) is 17.4. The Bertz CT molecular complexity index is 917. The Morgan fingerprint density at radius 3 is 2.33 bits per heavy atom. The topological polar surface area (TPSA) is 89.3 Å². The quantitative estimate of drug-likeness (QED) is 0.676. The third-order valence-electron chi connectivity index (χ3n) is 3.68. The van der Waals surface area contributed by atoms with Crippen molar-refractivity contribution in [3.8, 4) is 0 Å². The van der Waals surface area contributed by atoms with Crippen molar-refractivity contribution in [2.24, 2.45) is 0 Å². The standard InChI is InChI=1S/C17H11ClN2O4/c1-9-5-7-10(8-6-9)19-15-14(18)17(22)13-11(16(15)21)3-2-4-12(13)20(23)24/h2-8,19H,1H3. The summed E-state index contributed by atoms with van der Waals surface area (Å²) >= 11 is 6.04. The van der Waals surface area contributed by atoms with Gasteiger partial charge in [0, 0.05) is 17.3 Å². The van der Waals surface area contributed by atoms with Gasteiger partial charge in [0.05, 0.1) is 4.92 Å². The second-order valence-corrected chi connectivity index (χ2v) is 5.67. The highest BCUT2D eigenvalue weighted by Gasteiger charge is 2.36. The van der Waals surface area contributed by atoms with Gasteiger partial charge in [-0.05, 0) is 25.1 Å². The predicted molar refractivity (Wildman–Crippen MR) is 89.4 cm³/mol. The first-order valence-electron chi connectivity index (χ1n) is 7.00. The lowest BCUT2D eigenvalue weighted by atomic mass is 9.91. The number of aryl methyl sites for hydroxylation is 1. The van der Waals surface area contributed by atoms with Crippen LogP contribution in [0.4, 0.5) is 11.4 Å². The van der Waals surface area contributed by atoms with Crippen LogP contribution in [0.1, 0.15) is 26.3 Å². The first-order chi connectivity index (χ1) is 11.4. The van der Waals surface area contributed by atoms with Gasteiger partial charge < -0.3 is 5.32 Å².